The molecule has 0 radical (unpaired) electrons. The number of thioether (sulfide) groups is 1. The largest absolute Gasteiger partial charge is 0.388 e. The van der Waals surface area contributed by atoms with Gasteiger partial charge in [-0.3, -0.25) is 0 Å². The molecular weight excluding hydrogens is 198 g/mol. The Morgan fingerprint density at radius 1 is 1.64 bits per heavy atom. The average Bonchev–Trinajstić information content (AvgIpc) is 2.48. The van der Waals surface area contributed by atoms with Gasteiger partial charge in [0.1, 0.15) is 0 Å². The summed E-state index contributed by atoms with van der Waals surface area (Å²) in [5.74, 6) is 0.766. The molecule has 1 aliphatic rings. The summed E-state index contributed by atoms with van der Waals surface area (Å²) in [5, 5.41) is 13.3. The van der Waals surface area contributed by atoms with E-state index in [2.05, 4.69) is 12.2 Å². The lowest BCUT2D eigenvalue weighted by Crippen LogP contribution is -2.46. The summed E-state index contributed by atoms with van der Waals surface area (Å²) in [7, 11) is 0. The summed E-state index contributed by atoms with van der Waals surface area (Å²) in [6.45, 7) is 5.43. The molecule has 0 spiro atoms. The van der Waals surface area contributed by atoms with Crippen molar-refractivity contribution in [3.05, 3.63) is 0 Å². The van der Waals surface area contributed by atoms with Gasteiger partial charge < -0.3 is 15.2 Å². The molecule has 0 bridgehead atoms. The van der Waals surface area contributed by atoms with Gasteiger partial charge in [-0.1, -0.05) is 0 Å². The highest BCUT2D eigenvalue weighted by Gasteiger charge is 2.27. The highest BCUT2D eigenvalue weighted by Crippen LogP contribution is 2.15. The smallest absolute Gasteiger partial charge is 0.0833 e. The third kappa shape index (κ3) is 3.77. The van der Waals surface area contributed by atoms with Gasteiger partial charge in [-0.2, -0.15) is 11.8 Å². The average molecular weight is 219 g/mol. The third-order valence-corrected chi connectivity index (χ3v) is 3.49. The van der Waals surface area contributed by atoms with Gasteiger partial charge in [-0.25, -0.2) is 0 Å². The zero-order valence-corrected chi connectivity index (χ0v) is 10.1. The molecule has 0 saturated carbocycles. The van der Waals surface area contributed by atoms with Crippen molar-refractivity contribution in [1.82, 2.24) is 5.32 Å². The Hall–Kier alpha value is 0.230. The lowest BCUT2D eigenvalue weighted by Gasteiger charge is -2.26. The zero-order chi connectivity index (χ0) is 10.6. The lowest BCUT2D eigenvalue weighted by atomic mass is 10.1. The number of nitrogens with one attached hydrogen (secondary N) is 1. The Balaban J connectivity index is 2.25. The normalized spacial score (nSPS) is 31.7. The third-order valence-electron chi connectivity index (χ3n) is 2.58. The number of hydrogen-bond donors (Lipinski definition) is 2. The van der Waals surface area contributed by atoms with Crippen molar-refractivity contribution in [1.29, 1.82) is 0 Å². The molecule has 84 valence electrons. The Labute approximate surface area is 90.6 Å². The molecule has 0 amide bonds. The second-order valence-electron chi connectivity index (χ2n) is 4.28. The molecule has 14 heavy (non-hydrogen) atoms. The Kier molecular flexibility index (Phi) is 4.70. The van der Waals surface area contributed by atoms with E-state index < -0.39 is 5.60 Å². The standard InChI is InChI=1S/C10H21NO2S/c1-8-9(4-5-13-8)11-6-10(2,12)7-14-3/h8-9,11-12H,4-7H2,1-3H3. The van der Waals surface area contributed by atoms with Gasteiger partial charge >= 0.3 is 0 Å². The first-order valence-corrected chi connectivity index (χ1v) is 6.51. The minimum absolute atomic E-state index is 0.278. The highest BCUT2D eigenvalue weighted by molar-refractivity contribution is 7.98. The van der Waals surface area contributed by atoms with Gasteiger partial charge in [-0.05, 0) is 26.5 Å². The zero-order valence-electron chi connectivity index (χ0n) is 9.25. The fourth-order valence-corrected chi connectivity index (χ4v) is 2.44. The molecule has 4 heteroatoms. The maximum Gasteiger partial charge on any atom is 0.0833 e. The van der Waals surface area contributed by atoms with Crippen LogP contribution in [0.1, 0.15) is 20.3 Å². The summed E-state index contributed by atoms with van der Waals surface area (Å²) in [4.78, 5) is 0. The first kappa shape index (κ1) is 12.3. The molecule has 0 aromatic heterocycles. The molecule has 2 N–H and O–H groups in total. The summed E-state index contributed by atoms with van der Waals surface area (Å²) in [6.07, 6.45) is 3.34. The molecule has 1 saturated heterocycles. The van der Waals surface area contributed by atoms with E-state index in [-0.39, 0.29) is 6.10 Å². The van der Waals surface area contributed by atoms with Crippen molar-refractivity contribution < 1.29 is 9.84 Å². The van der Waals surface area contributed by atoms with Crippen molar-refractivity contribution in [2.45, 2.75) is 38.0 Å². The number of rotatable bonds is 5. The fourth-order valence-electron chi connectivity index (χ4n) is 1.71. The Morgan fingerprint density at radius 3 is 2.86 bits per heavy atom. The van der Waals surface area contributed by atoms with E-state index in [0.717, 1.165) is 18.8 Å². The number of aliphatic hydroxyl groups is 1. The van der Waals surface area contributed by atoms with Crippen LogP contribution in [0.5, 0.6) is 0 Å². The topological polar surface area (TPSA) is 41.5 Å². The lowest BCUT2D eigenvalue weighted by molar-refractivity contribution is 0.0719. The van der Waals surface area contributed by atoms with Crippen LogP contribution in [0.4, 0.5) is 0 Å². The van der Waals surface area contributed by atoms with Crippen LogP contribution < -0.4 is 5.32 Å². The van der Waals surface area contributed by atoms with Gasteiger partial charge in [0.2, 0.25) is 0 Å². The number of ether oxygens (including phenoxy) is 1. The van der Waals surface area contributed by atoms with Crippen molar-refractivity contribution in [2.24, 2.45) is 0 Å². The molecule has 0 aliphatic carbocycles. The van der Waals surface area contributed by atoms with E-state index in [1.54, 1.807) is 11.8 Å². The molecule has 3 unspecified atom stereocenters. The van der Waals surface area contributed by atoms with Crippen LogP contribution in [0.15, 0.2) is 0 Å². The molecule has 1 aliphatic heterocycles. The molecule has 3 atom stereocenters. The van der Waals surface area contributed by atoms with Gasteiger partial charge in [0.25, 0.3) is 0 Å². The maximum absolute atomic E-state index is 9.94. The van der Waals surface area contributed by atoms with Crippen molar-refractivity contribution in [2.75, 3.05) is 25.2 Å². The predicted molar refractivity (Wildman–Crippen MR) is 60.8 cm³/mol. The van der Waals surface area contributed by atoms with Gasteiger partial charge in [0, 0.05) is 24.9 Å². The Bertz CT molecular complexity index is 176. The van der Waals surface area contributed by atoms with E-state index in [4.69, 9.17) is 4.74 Å². The van der Waals surface area contributed by atoms with E-state index in [9.17, 15) is 5.11 Å². The minimum Gasteiger partial charge on any atom is -0.388 e. The highest BCUT2D eigenvalue weighted by atomic mass is 32.2. The van der Waals surface area contributed by atoms with Crippen LogP contribution in [-0.2, 0) is 4.74 Å². The molecular formula is C10H21NO2S. The van der Waals surface area contributed by atoms with Crippen LogP contribution in [-0.4, -0.2) is 48.0 Å². The predicted octanol–water partition coefficient (Wildman–Crippen LogP) is 0.867. The van der Waals surface area contributed by atoms with Crippen LogP contribution in [0.25, 0.3) is 0 Å². The molecule has 3 nitrogen and oxygen atoms in total. The second-order valence-corrected chi connectivity index (χ2v) is 5.15. The summed E-state index contributed by atoms with van der Waals surface area (Å²) >= 11 is 1.67. The Morgan fingerprint density at radius 2 is 2.36 bits per heavy atom. The first-order chi connectivity index (χ1) is 6.55. The van der Waals surface area contributed by atoms with E-state index in [0.29, 0.717) is 12.6 Å². The van der Waals surface area contributed by atoms with Crippen molar-refractivity contribution in [3.63, 3.8) is 0 Å². The van der Waals surface area contributed by atoms with Crippen LogP contribution in [0.3, 0.4) is 0 Å². The van der Waals surface area contributed by atoms with E-state index in [1.165, 1.54) is 0 Å². The molecule has 1 fully saturated rings. The van der Waals surface area contributed by atoms with Crippen LogP contribution >= 0.6 is 11.8 Å². The summed E-state index contributed by atoms with van der Waals surface area (Å²) in [6, 6.07) is 0.406. The van der Waals surface area contributed by atoms with Gasteiger partial charge in [0.15, 0.2) is 0 Å². The molecule has 0 aromatic rings. The van der Waals surface area contributed by atoms with E-state index >= 15 is 0 Å². The van der Waals surface area contributed by atoms with Crippen LogP contribution in [0, 0.1) is 0 Å². The van der Waals surface area contributed by atoms with Crippen molar-refractivity contribution in [3.8, 4) is 0 Å². The SMILES string of the molecule is CSCC(C)(O)CNC1CCOC1C. The fraction of sp³-hybridized carbons (Fsp3) is 1.00. The monoisotopic (exact) mass is 219 g/mol. The van der Waals surface area contributed by atoms with Gasteiger partial charge in [-0.15, -0.1) is 0 Å². The molecule has 1 rings (SSSR count). The summed E-state index contributed by atoms with van der Waals surface area (Å²) in [5.41, 5.74) is -0.609. The van der Waals surface area contributed by atoms with Crippen molar-refractivity contribution >= 4 is 11.8 Å². The molecule has 1 heterocycles. The quantitative estimate of drug-likeness (QED) is 0.720. The number of hydrogen-bond acceptors (Lipinski definition) is 4. The minimum atomic E-state index is -0.609. The first-order valence-electron chi connectivity index (χ1n) is 5.11. The van der Waals surface area contributed by atoms with Gasteiger partial charge in [0.05, 0.1) is 11.7 Å². The molecule has 0 aromatic carbocycles. The van der Waals surface area contributed by atoms with E-state index in [1.807, 2.05) is 13.2 Å². The summed E-state index contributed by atoms with van der Waals surface area (Å²) < 4.78 is 5.44. The maximum atomic E-state index is 9.94. The second kappa shape index (κ2) is 5.35. The van der Waals surface area contributed by atoms with Crippen LogP contribution in [0.2, 0.25) is 0 Å².